The maximum absolute atomic E-state index is 12.2. The predicted molar refractivity (Wildman–Crippen MR) is 41.0 cm³/mol. The summed E-state index contributed by atoms with van der Waals surface area (Å²) >= 11 is 0. The van der Waals surface area contributed by atoms with Crippen molar-refractivity contribution < 1.29 is 8.78 Å². The minimum atomic E-state index is -0.521. The van der Waals surface area contributed by atoms with Crippen LogP contribution in [0.2, 0.25) is 0 Å². The van der Waals surface area contributed by atoms with Crippen LogP contribution in [-0.2, 0) is 0 Å². The Kier molecular flexibility index (Phi) is 3.90. The second-order valence-corrected chi connectivity index (χ2v) is 1.95. The topological polar surface area (TPSA) is 0 Å². The van der Waals surface area contributed by atoms with Crippen molar-refractivity contribution in [1.82, 2.24) is 0 Å². The van der Waals surface area contributed by atoms with Gasteiger partial charge in [0.25, 0.3) is 0 Å². The van der Waals surface area contributed by atoms with Crippen molar-refractivity contribution in [1.29, 1.82) is 0 Å². The van der Waals surface area contributed by atoms with Gasteiger partial charge in [0.2, 0.25) is 0 Å². The van der Waals surface area contributed by atoms with Crippen LogP contribution < -0.4 is 0 Å². The van der Waals surface area contributed by atoms with Crippen LogP contribution in [0.3, 0.4) is 0 Å². The molecule has 0 heterocycles. The molecule has 0 saturated carbocycles. The third-order valence-corrected chi connectivity index (χ3v) is 1.01. The van der Waals surface area contributed by atoms with E-state index in [9.17, 15) is 8.78 Å². The third kappa shape index (κ3) is 3.36. The number of terminal acetylenes is 1. The molecule has 1 aromatic rings. The van der Waals surface area contributed by atoms with Gasteiger partial charge in [-0.1, -0.05) is 0 Å². The fraction of sp³-hybridized carbons (Fsp3) is 0.111. The van der Waals surface area contributed by atoms with Gasteiger partial charge >= 0.3 is 0 Å². The van der Waals surface area contributed by atoms with E-state index >= 15 is 0 Å². The Morgan fingerprint density at radius 3 is 1.64 bits per heavy atom. The summed E-state index contributed by atoms with van der Waals surface area (Å²) in [5.41, 5.74) is 0.604. The lowest BCUT2D eigenvalue weighted by Crippen LogP contribution is -1.80. The first-order valence-corrected chi connectivity index (χ1v) is 2.94. The Bertz CT molecular complexity index is 201. The Labute approximate surface area is 64.9 Å². The normalized spacial score (nSPS) is 8.09. The molecule has 0 unspecified atom stereocenters. The van der Waals surface area contributed by atoms with E-state index in [1.807, 2.05) is 0 Å². The monoisotopic (exact) mass is 154 g/mol. The van der Waals surface area contributed by atoms with Crippen molar-refractivity contribution in [2.75, 3.05) is 0 Å². The minimum Gasteiger partial charge on any atom is -0.207 e. The van der Waals surface area contributed by atoms with Gasteiger partial charge in [0.1, 0.15) is 11.6 Å². The van der Waals surface area contributed by atoms with Crippen molar-refractivity contribution in [3.8, 4) is 12.8 Å². The molecule has 0 fully saturated rings. The average molecular weight is 154 g/mol. The van der Waals surface area contributed by atoms with Crippen LogP contribution >= 0.6 is 0 Å². The van der Waals surface area contributed by atoms with Gasteiger partial charge in [-0.3, -0.25) is 0 Å². The van der Waals surface area contributed by atoms with E-state index in [4.69, 9.17) is 0 Å². The van der Waals surface area contributed by atoms with E-state index in [1.54, 1.807) is 6.92 Å². The summed E-state index contributed by atoms with van der Waals surface area (Å²) in [6.07, 6.45) is 8.00. The van der Waals surface area contributed by atoms with Crippen LogP contribution in [0.15, 0.2) is 18.2 Å². The highest BCUT2D eigenvalue weighted by Gasteiger charge is 1.93. The second-order valence-electron chi connectivity index (χ2n) is 1.95. The van der Waals surface area contributed by atoms with Gasteiger partial charge in [0, 0.05) is 6.07 Å². The average Bonchev–Trinajstić information content (AvgIpc) is 1.88. The number of benzene rings is 1. The highest BCUT2D eigenvalue weighted by molar-refractivity contribution is 5.15. The molecule has 0 aliphatic rings. The van der Waals surface area contributed by atoms with E-state index in [0.29, 0.717) is 5.56 Å². The maximum atomic E-state index is 12.2. The molecule has 0 saturated heterocycles. The molecular formula is C9H8F2. The van der Waals surface area contributed by atoms with Gasteiger partial charge in [0.05, 0.1) is 0 Å². The molecule has 58 valence electrons. The van der Waals surface area contributed by atoms with E-state index in [0.717, 1.165) is 6.07 Å². The van der Waals surface area contributed by atoms with Crippen molar-refractivity contribution in [3.05, 3.63) is 35.4 Å². The number of hydrogen-bond acceptors (Lipinski definition) is 0. The van der Waals surface area contributed by atoms with Crippen LogP contribution in [0, 0.1) is 31.4 Å². The number of hydrogen-bond donors (Lipinski definition) is 0. The molecule has 0 bridgehead atoms. The molecular weight excluding hydrogens is 146 g/mol. The fourth-order valence-electron chi connectivity index (χ4n) is 0.692. The zero-order chi connectivity index (χ0) is 8.85. The minimum absolute atomic E-state index is 0.521. The first-order chi connectivity index (χ1) is 5.18. The summed E-state index contributed by atoms with van der Waals surface area (Å²) in [6.45, 7) is 1.64. The van der Waals surface area contributed by atoms with E-state index < -0.39 is 11.6 Å². The van der Waals surface area contributed by atoms with Crippen LogP contribution in [-0.4, -0.2) is 0 Å². The van der Waals surface area contributed by atoms with Gasteiger partial charge in [-0.25, -0.2) is 8.78 Å². The molecule has 0 spiro atoms. The summed E-state index contributed by atoms with van der Waals surface area (Å²) in [5.74, 6) is -1.04. The first kappa shape index (κ1) is 9.64. The summed E-state index contributed by atoms with van der Waals surface area (Å²) < 4.78 is 24.4. The maximum Gasteiger partial charge on any atom is 0.126 e. The lowest BCUT2D eigenvalue weighted by atomic mass is 10.2. The van der Waals surface area contributed by atoms with Gasteiger partial charge in [-0.15, -0.1) is 12.8 Å². The van der Waals surface area contributed by atoms with Gasteiger partial charge in [-0.2, -0.15) is 0 Å². The lowest BCUT2D eigenvalue weighted by Gasteiger charge is -1.91. The van der Waals surface area contributed by atoms with E-state index in [1.165, 1.54) is 12.1 Å². The lowest BCUT2D eigenvalue weighted by molar-refractivity contribution is 0.581. The summed E-state index contributed by atoms with van der Waals surface area (Å²) in [5, 5.41) is 0. The van der Waals surface area contributed by atoms with Crippen LogP contribution in [0.5, 0.6) is 0 Å². The Morgan fingerprint density at radius 1 is 1.00 bits per heavy atom. The quantitative estimate of drug-likeness (QED) is 0.504. The largest absolute Gasteiger partial charge is 0.207 e. The fourth-order valence-corrected chi connectivity index (χ4v) is 0.692. The predicted octanol–water partition coefficient (Wildman–Crippen LogP) is 2.52. The molecule has 2 heteroatoms. The van der Waals surface area contributed by atoms with Gasteiger partial charge in [0.15, 0.2) is 0 Å². The number of rotatable bonds is 0. The molecule has 0 aliphatic carbocycles. The van der Waals surface area contributed by atoms with E-state index in [-0.39, 0.29) is 0 Å². The molecule has 1 rings (SSSR count). The molecule has 0 nitrogen and oxygen atoms in total. The third-order valence-electron chi connectivity index (χ3n) is 1.01. The van der Waals surface area contributed by atoms with Crippen LogP contribution in [0.25, 0.3) is 0 Å². The van der Waals surface area contributed by atoms with Crippen LogP contribution in [0.1, 0.15) is 5.56 Å². The van der Waals surface area contributed by atoms with Crippen molar-refractivity contribution in [2.45, 2.75) is 6.92 Å². The second kappa shape index (κ2) is 4.45. The van der Waals surface area contributed by atoms with Crippen molar-refractivity contribution in [3.63, 3.8) is 0 Å². The summed E-state index contributed by atoms with van der Waals surface area (Å²) in [6, 6.07) is 3.42. The summed E-state index contributed by atoms with van der Waals surface area (Å²) in [7, 11) is 0. The SMILES string of the molecule is C#C.Cc1cc(F)cc(F)c1. The highest BCUT2D eigenvalue weighted by atomic mass is 19.1. The van der Waals surface area contributed by atoms with Crippen molar-refractivity contribution in [2.24, 2.45) is 0 Å². The smallest absolute Gasteiger partial charge is 0.126 e. The first-order valence-electron chi connectivity index (χ1n) is 2.94. The Balaban J connectivity index is 0.000000461. The Morgan fingerprint density at radius 2 is 1.36 bits per heavy atom. The Hall–Kier alpha value is -1.36. The molecule has 11 heavy (non-hydrogen) atoms. The van der Waals surface area contributed by atoms with Gasteiger partial charge < -0.3 is 0 Å². The summed E-state index contributed by atoms with van der Waals surface area (Å²) in [4.78, 5) is 0. The number of aryl methyl sites for hydroxylation is 1. The molecule has 0 aromatic heterocycles. The van der Waals surface area contributed by atoms with Crippen molar-refractivity contribution >= 4 is 0 Å². The molecule has 0 radical (unpaired) electrons. The standard InChI is InChI=1S/C7H6F2.C2H2/c1-5-2-6(8)4-7(9)3-5;1-2/h2-4H,1H3;1-2H. The molecule has 0 amide bonds. The van der Waals surface area contributed by atoms with Gasteiger partial charge in [-0.05, 0) is 24.6 Å². The molecule has 0 N–H and O–H groups in total. The van der Waals surface area contributed by atoms with Crippen LogP contribution in [0.4, 0.5) is 8.78 Å². The highest BCUT2D eigenvalue weighted by Crippen LogP contribution is 2.05. The van der Waals surface area contributed by atoms with E-state index in [2.05, 4.69) is 12.8 Å². The molecule has 0 atom stereocenters. The molecule has 1 aromatic carbocycles. The molecule has 0 aliphatic heterocycles. The zero-order valence-corrected chi connectivity index (χ0v) is 6.14. The number of halogens is 2. The zero-order valence-electron chi connectivity index (χ0n) is 6.14.